The van der Waals surface area contributed by atoms with Gasteiger partial charge in [0.2, 0.25) is 0 Å². The molecule has 0 radical (unpaired) electrons. The third-order valence-corrected chi connectivity index (χ3v) is 4.36. The molecule has 0 N–H and O–H groups in total. The van der Waals surface area contributed by atoms with Gasteiger partial charge in [-0.3, -0.25) is 4.79 Å². The van der Waals surface area contributed by atoms with Crippen LogP contribution in [0.2, 0.25) is 5.02 Å². The van der Waals surface area contributed by atoms with E-state index in [1.807, 2.05) is 31.2 Å². The molecule has 0 aliphatic carbocycles. The van der Waals surface area contributed by atoms with Gasteiger partial charge < -0.3 is 13.9 Å². The van der Waals surface area contributed by atoms with Crippen LogP contribution in [0.25, 0.3) is 11.0 Å². The van der Waals surface area contributed by atoms with E-state index in [0.717, 1.165) is 5.39 Å². The number of halogens is 1. The lowest BCUT2D eigenvalue weighted by Crippen LogP contribution is -2.14. The van der Waals surface area contributed by atoms with Gasteiger partial charge in [0, 0.05) is 17.4 Å². The molecule has 0 fully saturated rings. The maximum atomic E-state index is 13.1. The molecule has 0 saturated heterocycles. The average Bonchev–Trinajstić information content (AvgIpc) is 3.05. The van der Waals surface area contributed by atoms with Gasteiger partial charge in [-0.05, 0) is 31.2 Å². The first-order valence-electron chi connectivity index (χ1n) is 8.68. The summed E-state index contributed by atoms with van der Waals surface area (Å²) in [5, 5.41) is 1.02. The first-order chi connectivity index (χ1) is 13.0. The molecule has 6 heteroatoms. The standard InChI is InChI=1S/C21H19ClO5/c1-3-16-20(14-7-5-6-8-17(14)27-16)21(24)13-9-10-18(15(22)11-13)26-12-19(23)25-4-2/h5-11H,3-4,12H2,1-2H3. The number of esters is 1. The van der Waals surface area contributed by atoms with Gasteiger partial charge in [-0.1, -0.05) is 36.7 Å². The van der Waals surface area contributed by atoms with E-state index >= 15 is 0 Å². The Morgan fingerprint density at radius 2 is 1.89 bits per heavy atom. The molecule has 0 aliphatic heterocycles. The lowest BCUT2D eigenvalue weighted by atomic mass is 9.99. The molecule has 2 aromatic carbocycles. The maximum absolute atomic E-state index is 13.1. The number of carbonyl (C=O) groups excluding carboxylic acids is 2. The van der Waals surface area contributed by atoms with Crippen LogP contribution in [0.3, 0.4) is 0 Å². The molecule has 0 aliphatic rings. The molecular weight excluding hydrogens is 368 g/mol. The number of hydrogen-bond acceptors (Lipinski definition) is 5. The highest BCUT2D eigenvalue weighted by Crippen LogP contribution is 2.31. The molecule has 27 heavy (non-hydrogen) atoms. The van der Waals surface area contributed by atoms with Gasteiger partial charge in [0.15, 0.2) is 12.4 Å². The van der Waals surface area contributed by atoms with E-state index < -0.39 is 5.97 Å². The fourth-order valence-corrected chi connectivity index (χ4v) is 3.07. The molecule has 0 saturated carbocycles. The van der Waals surface area contributed by atoms with Crippen LogP contribution in [0.5, 0.6) is 5.75 Å². The van der Waals surface area contributed by atoms with Crippen molar-refractivity contribution in [3.05, 3.63) is 64.4 Å². The van der Waals surface area contributed by atoms with Crippen LogP contribution in [0.15, 0.2) is 46.9 Å². The van der Waals surface area contributed by atoms with Gasteiger partial charge >= 0.3 is 5.97 Å². The zero-order valence-corrected chi connectivity index (χ0v) is 15.8. The second-order valence-corrected chi connectivity index (χ2v) is 6.23. The van der Waals surface area contributed by atoms with Crippen molar-refractivity contribution in [2.24, 2.45) is 0 Å². The van der Waals surface area contributed by atoms with Crippen molar-refractivity contribution in [1.82, 2.24) is 0 Å². The number of rotatable bonds is 7. The lowest BCUT2D eigenvalue weighted by molar-refractivity contribution is -0.145. The third-order valence-electron chi connectivity index (χ3n) is 4.06. The lowest BCUT2D eigenvalue weighted by Gasteiger charge is -2.09. The summed E-state index contributed by atoms with van der Waals surface area (Å²) in [6.07, 6.45) is 0.601. The minimum Gasteiger partial charge on any atom is -0.480 e. The van der Waals surface area contributed by atoms with E-state index in [-0.39, 0.29) is 24.0 Å². The van der Waals surface area contributed by atoms with Crippen molar-refractivity contribution in [1.29, 1.82) is 0 Å². The summed E-state index contributed by atoms with van der Waals surface area (Å²) < 4.78 is 16.0. The predicted octanol–water partition coefficient (Wildman–Crippen LogP) is 4.82. The summed E-state index contributed by atoms with van der Waals surface area (Å²) in [4.78, 5) is 24.5. The highest BCUT2D eigenvalue weighted by molar-refractivity contribution is 6.32. The molecule has 3 aromatic rings. The highest BCUT2D eigenvalue weighted by Gasteiger charge is 2.21. The molecule has 140 valence electrons. The van der Waals surface area contributed by atoms with Gasteiger partial charge in [0.1, 0.15) is 17.1 Å². The molecule has 0 bridgehead atoms. The van der Waals surface area contributed by atoms with Crippen LogP contribution in [0.1, 0.15) is 35.5 Å². The van der Waals surface area contributed by atoms with E-state index in [2.05, 4.69) is 0 Å². The Labute approximate surface area is 161 Å². The molecule has 0 atom stereocenters. The Kier molecular flexibility index (Phi) is 5.81. The second kappa shape index (κ2) is 8.27. The Morgan fingerprint density at radius 3 is 2.59 bits per heavy atom. The van der Waals surface area contributed by atoms with Crippen LogP contribution in [0.4, 0.5) is 0 Å². The fourth-order valence-electron chi connectivity index (χ4n) is 2.84. The Morgan fingerprint density at radius 1 is 1.11 bits per heavy atom. The number of benzene rings is 2. The van der Waals surface area contributed by atoms with Crippen molar-refractivity contribution >= 4 is 34.3 Å². The zero-order valence-electron chi connectivity index (χ0n) is 15.1. The first-order valence-corrected chi connectivity index (χ1v) is 9.06. The second-order valence-electron chi connectivity index (χ2n) is 5.82. The Balaban J connectivity index is 1.88. The molecule has 1 heterocycles. The molecule has 1 aromatic heterocycles. The van der Waals surface area contributed by atoms with Crippen LogP contribution >= 0.6 is 11.6 Å². The molecule has 5 nitrogen and oxygen atoms in total. The predicted molar refractivity (Wildman–Crippen MR) is 103 cm³/mol. The molecule has 0 unspecified atom stereocenters. The molecular formula is C21H19ClO5. The maximum Gasteiger partial charge on any atom is 0.344 e. The number of para-hydroxylation sites is 1. The van der Waals surface area contributed by atoms with Crippen molar-refractivity contribution in [2.75, 3.05) is 13.2 Å². The van der Waals surface area contributed by atoms with Crippen molar-refractivity contribution in [3.63, 3.8) is 0 Å². The fraction of sp³-hybridized carbons (Fsp3) is 0.238. The van der Waals surface area contributed by atoms with Crippen molar-refractivity contribution < 1.29 is 23.5 Å². The number of ether oxygens (including phenoxy) is 2. The normalized spacial score (nSPS) is 10.8. The van der Waals surface area contributed by atoms with Crippen LogP contribution in [-0.2, 0) is 16.0 Å². The number of fused-ring (bicyclic) bond motifs is 1. The van der Waals surface area contributed by atoms with Gasteiger partial charge in [0.25, 0.3) is 0 Å². The largest absolute Gasteiger partial charge is 0.480 e. The first kappa shape index (κ1) is 19.0. The highest BCUT2D eigenvalue weighted by atomic mass is 35.5. The quantitative estimate of drug-likeness (QED) is 0.430. The van der Waals surface area contributed by atoms with Gasteiger partial charge in [0.05, 0.1) is 17.2 Å². The summed E-state index contributed by atoms with van der Waals surface area (Å²) >= 11 is 6.23. The van der Waals surface area contributed by atoms with Gasteiger partial charge in [-0.15, -0.1) is 0 Å². The number of carbonyl (C=O) groups is 2. The third kappa shape index (κ3) is 3.98. The number of ketones is 1. The summed E-state index contributed by atoms with van der Waals surface area (Å²) in [5.41, 5.74) is 1.65. The monoisotopic (exact) mass is 386 g/mol. The van der Waals surface area contributed by atoms with Crippen molar-refractivity contribution in [2.45, 2.75) is 20.3 Å². The summed E-state index contributed by atoms with van der Waals surface area (Å²) in [5.74, 6) is 0.302. The van der Waals surface area contributed by atoms with Crippen molar-refractivity contribution in [3.8, 4) is 5.75 Å². The van der Waals surface area contributed by atoms with E-state index in [1.165, 1.54) is 6.07 Å². The SMILES string of the molecule is CCOC(=O)COc1ccc(C(=O)c2c(CC)oc3ccccc23)cc1Cl. The number of aryl methyl sites for hydroxylation is 1. The topological polar surface area (TPSA) is 65.7 Å². The summed E-state index contributed by atoms with van der Waals surface area (Å²) in [7, 11) is 0. The van der Waals surface area contributed by atoms with Crippen LogP contribution in [-0.4, -0.2) is 25.0 Å². The number of hydrogen-bond donors (Lipinski definition) is 0. The summed E-state index contributed by atoms with van der Waals surface area (Å²) in [6, 6.07) is 12.2. The van der Waals surface area contributed by atoms with E-state index in [9.17, 15) is 9.59 Å². The van der Waals surface area contributed by atoms with Gasteiger partial charge in [-0.25, -0.2) is 4.79 Å². The Bertz CT molecular complexity index is 989. The van der Waals surface area contributed by atoms with E-state index in [1.54, 1.807) is 19.1 Å². The molecule has 0 amide bonds. The smallest absolute Gasteiger partial charge is 0.344 e. The zero-order chi connectivity index (χ0) is 19.4. The minimum absolute atomic E-state index is 0.171. The van der Waals surface area contributed by atoms with Crippen LogP contribution in [0, 0.1) is 0 Å². The summed E-state index contributed by atoms with van der Waals surface area (Å²) in [6.45, 7) is 3.69. The average molecular weight is 387 g/mol. The van der Waals surface area contributed by atoms with E-state index in [0.29, 0.717) is 34.6 Å². The van der Waals surface area contributed by atoms with E-state index in [4.69, 9.17) is 25.5 Å². The molecule has 0 spiro atoms. The molecule has 3 rings (SSSR count). The minimum atomic E-state index is -0.480. The number of furan rings is 1. The van der Waals surface area contributed by atoms with Gasteiger partial charge in [-0.2, -0.15) is 0 Å². The Hall–Kier alpha value is -2.79. The van der Waals surface area contributed by atoms with Crippen LogP contribution < -0.4 is 4.74 Å².